The van der Waals surface area contributed by atoms with Crippen molar-refractivity contribution in [3.05, 3.63) is 51.4 Å². The summed E-state index contributed by atoms with van der Waals surface area (Å²) in [6.07, 6.45) is 0. The summed E-state index contributed by atoms with van der Waals surface area (Å²) in [5.74, 6) is 0. The van der Waals surface area contributed by atoms with Crippen molar-refractivity contribution in [1.29, 1.82) is 0 Å². The smallest absolute Gasteiger partial charge is 0.265 e. The largest absolute Gasteiger partial charge is 0.397 e. The van der Waals surface area contributed by atoms with E-state index in [1.807, 2.05) is 0 Å². The second-order valence-corrected chi connectivity index (χ2v) is 7.81. The summed E-state index contributed by atoms with van der Waals surface area (Å²) in [7, 11) is -2.19. The minimum absolute atomic E-state index is 0.199. The Labute approximate surface area is 134 Å². The van der Waals surface area contributed by atoms with E-state index in [1.54, 1.807) is 42.5 Å². The standard InChI is InChI=1S/C13H12Br2N2O2S/c1-17(12-7-6-9(14)8-11(12)16)20(18,19)13-5-3-2-4-10(13)15/h2-8H,16H2,1H3. The minimum Gasteiger partial charge on any atom is -0.397 e. The molecule has 2 N–H and O–H groups in total. The molecule has 0 fully saturated rings. The number of rotatable bonds is 3. The van der Waals surface area contributed by atoms with Gasteiger partial charge in [-0.15, -0.1) is 0 Å². The molecule has 0 aliphatic carbocycles. The van der Waals surface area contributed by atoms with Crippen LogP contribution in [0, 0.1) is 0 Å². The first-order valence-electron chi connectivity index (χ1n) is 5.62. The molecule has 4 nitrogen and oxygen atoms in total. The molecule has 0 saturated heterocycles. The highest BCUT2D eigenvalue weighted by molar-refractivity contribution is 9.10. The fraction of sp³-hybridized carbons (Fsp3) is 0.0769. The van der Waals surface area contributed by atoms with Crippen LogP contribution in [0.1, 0.15) is 0 Å². The van der Waals surface area contributed by atoms with Crippen LogP contribution in [-0.4, -0.2) is 15.5 Å². The highest BCUT2D eigenvalue weighted by atomic mass is 79.9. The topological polar surface area (TPSA) is 63.4 Å². The maximum absolute atomic E-state index is 12.6. The van der Waals surface area contributed by atoms with Gasteiger partial charge in [-0.1, -0.05) is 28.1 Å². The van der Waals surface area contributed by atoms with Gasteiger partial charge in [-0.25, -0.2) is 8.42 Å². The second kappa shape index (κ2) is 5.75. The SMILES string of the molecule is CN(c1ccc(Br)cc1N)S(=O)(=O)c1ccccc1Br. The van der Waals surface area contributed by atoms with E-state index >= 15 is 0 Å². The maximum Gasteiger partial charge on any atom is 0.265 e. The van der Waals surface area contributed by atoms with Crippen LogP contribution in [0.2, 0.25) is 0 Å². The van der Waals surface area contributed by atoms with Crippen LogP contribution in [0.15, 0.2) is 56.3 Å². The van der Waals surface area contributed by atoms with E-state index in [1.165, 1.54) is 11.4 Å². The Morgan fingerprint density at radius 1 is 1.10 bits per heavy atom. The number of anilines is 2. The lowest BCUT2D eigenvalue weighted by Gasteiger charge is -2.21. The van der Waals surface area contributed by atoms with Crippen molar-refractivity contribution in [2.75, 3.05) is 17.1 Å². The molecule has 20 heavy (non-hydrogen) atoms. The molecule has 2 rings (SSSR count). The van der Waals surface area contributed by atoms with Gasteiger partial charge in [0.1, 0.15) is 4.90 Å². The van der Waals surface area contributed by atoms with Crippen molar-refractivity contribution in [3.8, 4) is 0 Å². The summed E-state index contributed by atoms with van der Waals surface area (Å²) < 4.78 is 27.7. The molecule has 0 aliphatic heterocycles. The zero-order chi connectivity index (χ0) is 14.9. The molecule has 0 aromatic heterocycles. The Hall–Kier alpha value is -1.05. The monoisotopic (exact) mass is 418 g/mol. The summed E-state index contributed by atoms with van der Waals surface area (Å²) in [5, 5.41) is 0. The molecule has 0 heterocycles. The molecule has 0 amide bonds. The molecule has 0 atom stereocenters. The Bertz CT molecular complexity index is 748. The van der Waals surface area contributed by atoms with Gasteiger partial charge in [0.15, 0.2) is 0 Å². The molecule has 0 radical (unpaired) electrons. The third-order valence-electron chi connectivity index (χ3n) is 2.80. The summed E-state index contributed by atoms with van der Waals surface area (Å²) >= 11 is 6.56. The van der Waals surface area contributed by atoms with Gasteiger partial charge in [-0.2, -0.15) is 0 Å². The molecule has 0 saturated carbocycles. The van der Waals surface area contributed by atoms with Gasteiger partial charge >= 0.3 is 0 Å². The lowest BCUT2D eigenvalue weighted by Crippen LogP contribution is -2.27. The predicted octanol–water partition coefficient (Wildman–Crippen LogP) is 3.62. The van der Waals surface area contributed by atoms with Crippen molar-refractivity contribution in [2.45, 2.75) is 4.90 Å². The number of nitrogen functional groups attached to an aromatic ring is 1. The second-order valence-electron chi connectivity index (χ2n) is 4.11. The molecule has 2 aromatic rings. The number of halogens is 2. The van der Waals surface area contributed by atoms with Crippen LogP contribution in [0.25, 0.3) is 0 Å². The molecule has 0 spiro atoms. The molecule has 0 bridgehead atoms. The van der Waals surface area contributed by atoms with Gasteiger partial charge in [-0.3, -0.25) is 4.31 Å². The lowest BCUT2D eigenvalue weighted by molar-refractivity contribution is 0.594. The summed E-state index contributed by atoms with van der Waals surface area (Å²) in [6.45, 7) is 0. The van der Waals surface area contributed by atoms with E-state index in [2.05, 4.69) is 31.9 Å². The van der Waals surface area contributed by atoms with Crippen LogP contribution in [0.5, 0.6) is 0 Å². The van der Waals surface area contributed by atoms with Crippen molar-refractivity contribution in [3.63, 3.8) is 0 Å². The Morgan fingerprint density at radius 2 is 1.75 bits per heavy atom. The van der Waals surface area contributed by atoms with Crippen molar-refractivity contribution < 1.29 is 8.42 Å². The van der Waals surface area contributed by atoms with Gasteiger partial charge in [0.2, 0.25) is 0 Å². The quantitative estimate of drug-likeness (QED) is 0.772. The fourth-order valence-corrected chi connectivity index (χ4v) is 4.31. The van der Waals surface area contributed by atoms with E-state index in [0.717, 1.165) is 4.47 Å². The number of nitrogens with two attached hydrogens (primary N) is 1. The zero-order valence-corrected chi connectivity index (χ0v) is 14.5. The van der Waals surface area contributed by atoms with E-state index in [0.29, 0.717) is 15.8 Å². The third-order valence-corrected chi connectivity index (χ3v) is 6.08. The van der Waals surface area contributed by atoms with Crippen LogP contribution in [0.4, 0.5) is 11.4 Å². The Balaban J connectivity index is 2.52. The Kier molecular flexibility index (Phi) is 4.41. The normalized spacial score (nSPS) is 11.3. The highest BCUT2D eigenvalue weighted by Gasteiger charge is 2.24. The molecule has 106 valence electrons. The maximum atomic E-state index is 12.6. The lowest BCUT2D eigenvalue weighted by atomic mass is 10.3. The minimum atomic E-state index is -3.67. The molecule has 0 unspecified atom stereocenters. The first kappa shape index (κ1) is 15.3. The third kappa shape index (κ3) is 2.84. The number of sulfonamides is 1. The fourth-order valence-electron chi connectivity index (χ4n) is 1.74. The number of hydrogen-bond acceptors (Lipinski definition) is 3. The number of nitrogens with zero attached hydrogens (tertiary/aromatic N) is 1. The summed E-state index contributed by atoms with van der Waals surface area (Å²) in [5.41, 5.74) is 6.71. The first-order valence-corrected chi connectivity index (χ1v) is 8.65. The van der Waals surface area contributed by atoms with Crippen LogP contribution < -0.4 is 10.0 Å². The molecular weight excluding hydrogens is 408 g/mol. The van der Waals surface area contributed by atoms with Gasteiger partial charge in [0.05, 0.1) is 11.4 Å². The molecular formula is C13H12Br2N2O2S. The van der Waals surface area contributed by atoms with Crippen LogP contribution in [-0.2, 0) is 10.0 Å². The zero-order valence-electron chi connectivity index (χ0n) is 10.5. The van der Waals surface area contributed by atoms with Gasteiger partial charge in [-0.05, 0) is 46.3 Å². The van der Waals surface area contributed by atoms with Gasteiger partial charge in [0.25, 0.3) is 10.0 Å². The average molecular weight is 420 g/mol. The Morgan fingerprint density at radius 3 is 2.35 bits per heavy atom. The van der Waals surface area contributed by atoms with E-state index in [9.17, 15) is 8.42 Å². The van der Waals surface area contributed by atoms with Crippen molar-refractivity contribution in [1.82, 2.24) is 0 Å². The molecule has 7 heteroatoms. The summed E-state index contributed by atoms with van der Waals surface area (Å²) in [6, 6.07) is 11.7. The number of hydrogen-bond donors (Lipinski definition) is 1. The van der Waals surface area contributed by atoms with Crippen molar-refractivity contribution in [2.24, 2.45) is 0 Å². The first-order chi connectivity index (χ1) is 9.34. The molecule has 2 aromatic carbocycles. The summed E-state index contributed by atoms with van der Waals surface area (Å²) in [4.78, 5) is 0.199. The van der Waals surface area contributed by atoms with E-state index in [-0.39, 0.29) is 4.90 Å². The number of benzene rings is 2. The van der Waals surface area contributed by atoms with E-state index < -0.39 is 10.0 Å². The van der Waals surface area contributed by atoms with Gasteiger partial charge in [0, 0.05) is 16.0 Å². The van der Waals surface area contributed by atoms with Gasteiger partial charge < -0.3 is 5.73 Å². The van der Waals surface area contributed by atoms with E-state index in [4.69, 9.17) is 5.73 Å². The molecule has 0 aliphatic rings. The van der Waals surface area contributed by atoms with Crippen molar-refractivity contribution >= 4 is 53.3 Å². The van der Waals surface area contributed by atoms with Crippen LogP contribution >= 0.6 is 31.9 Å². The highest BCUT2D eigenvalue weighted by Crippen LogP contribution is 2.32. The van der Waals surface area contributed by atoms with Crippen LogP contribution in [0.3, 0.4) is 0 Å². The predicted molar refractivity (Wildman–Crippen MR) is 88.3 cm³/mol. The average Bonchev–Trinajstić information content (AvgIpc) is 2.38.